The maximum atomic E-state index is 5.55. The molecule has 1 saturated heterocycles. The molecule has 3 heteroatoms. The van der Waals surface area contributed by atoms with Crippen LogP contribution in [0.25, 0.3) is 0 Å². The minimum Gasteiger partial charge on any atom is -0.378 e. The van der Waals surface area contributed by atoms with E-state index >= 15 is 0 Å². The van der Waals surface area contributed by atoms with Gasteiger partial charge in [-0.2, -0.15) is 0 Å². The number of hydrogen-bond acceptors (Lipinski definition) is 3. The Bertz CT molecular complexity index is 226. The molecule has 1 N–H and O–H groups in total. The minimum absolute atomic E-state index is 0.214. The Morgan fingerprint density at radius 2 is 2.19 bits per heavy atom. The van der Waals surface area contributed by atoms with Gasteiger partial charge in [0.1, 0.15) is 0 Å². The van der Waals surface area contributed by atoms with E-state index in [1.54, 1.807) is 0 Å². The van der Waals surface area contributed by atoms with Crippen LogP contribution in [0.3, 0.4) is 0 Å². The van der Waals surface area contributed by atoms with E-state index in [0.29, 0.717) is 0 Å². The summed E-state index contributed by atoms with van der Waals surface area (Å²) in [4.78, 5) is 2.58. The van der Waals surface area contributed by atoms with Crippen LogP contribution in [0.2, 0.25) is 0 Å². The lowest BCUT2D eigenvalue weighted by Gasteiger charge is -2.43. The van der Waals surface area contributed by atoms with Crippen LogP contribution in [-0.4, -0.2) is 49.3 Å². The number of rotatable bonds is 5. The van der Waals surface area contributed by atoms with Crippen LogP contribution in [-0.2, 0) is 4.74 Å². The number of nitrogens with one attached hydrogen (secondary N) is 1. The fourth-order valence-corrected chi connectivity index (χ4v) is 2.33. The molecular formula is C13H26N2O. The zero-order chi connectivity index (χ0) is 11.6. The largest absolute Gasteiger partial charge is 0.378 e. The summed E-state index contributed by atoms with van der Waals surface area (Å²) in [6.45, 7) is 12.1. The molecule has 0 aromatic rings. The van der Waals surface area contributed by atoms with Gasteiger partial charge in [-0.15, -0.1) is 0 Å². The van der Waals surface area contributed by atoms with Crippen molar-refractivity contribution in [2.75, 3.05) is 32.8 Å². The first-order chi connectivity index (χ1) is 7.58. The Labute approximate surface area is 99.5 Å². The standard InChI is InChI=1S/C13H26N2O/c1-11(8-14-12-4-5-12)9-15-6-7-16-10-13(15,2)3/h11-12,14H,4-10H2,1-3H3. The Morgan fingerprint density at radius 3 is 2.81 bits per heavy atom. The van der Waals surface area contributed by atoms with Crippen LogP contribution in [0, 0.1) is 5.92 Å². The molecule has 2 fully saturated rings. The second-order valence-corrected chi connectivity index (χ2v) is 6.10. The zero-order valence-electron chi connectivity index (χ0n) is 11.0. The molecular weight excluding hydrogens is 200 g/mol. The van der Waals surface area contributed by atoms with Gasteiger partial charge in [-0.25, -0.2) is 0 Å². The van der Waals surface area contributed by atoms with Gasteiger partial charge < -0.3 is 10.1 Å². The van der Waals surface area contributed by atoms with Crippen molar-refractivity contribution in [2.45, 2.75) is 45.2 Å². The molecule has 2 rings (SSSR count). The molecule has 3 nitrogen and oxygen atoms in total. The third-order valence-electron chi connectivity index (χ3n) is 3.68. The van der Waals surface area contributed by atoms with Crippen molar-refractivity contribution in [1.82, 2.24) is 10.2 Å². The normalized spacial score (nSPS) is 27.9. The lowest BCUT2D eigenvalue weighted by Crippen LogP contribution is -2.54. The fourth-order valence-electron chi connectivity index (χ4n) is 2.33. The van der Waals surface area contributed by atoms with E-state index in [-0.39, 0.29) is 5.54 Å². The van der Waals surface area contributed by atoms with Gasteiger partial charge in [0.25, 0.3) is 0 Å². The van der Waals surface area contributed by atoms with Crippen molar-refractivity contribution >= 4 is 0 Å². The van der Waals surface area contributed by atoms with E-state index in [0.717, 1.165) is 38.3 Å². The molecule has 1 aliphatic carbocycles. The highest BCUT2D eigenvalue weighted by Gasteiger charge is 2.31. The Hall–Kier alpha value is -0.120. The highest BCUT2D eigenvalue weighted by atomic mass is 16.5. The first-order valence-electron chi connectivity index (χ1n) is 6.64. The van der Waals surface area contributed by atoms with Crippen molar-refractivity contribution in [2.24, 2.45) is 5.92 Å². The quantitative estimate of drug-likeness (QED) is 0.768. The van der Waals surface area contributed by atoms with E-state index in [1.807, 2.05) is 0 Å². The average molecular weight is 226 g/mol. The maximum absolute atomic E-state index is 5.55. The number of nitrogens with zero attached hydrogens (tertiary/aromatic N) is 1. The van der Waals surface area contributed by atoms with Gasteiger partial charge in [0.05, 0.1) is 13.2 Å². The molecule has 0 amide bonds. The lowest BCUT2D eigenvalue weighted by atomic mass is 10.00. The molecule has 1 atom stereocenters. The summed E-state index contributed by atoms with van der Waals surface area (Å²) in [5.74, 6) is 0.734. The van der Waals surface area contributed by atoms with Crippen LogP contribution in [0.15, 0.2) is 0 Å². The highest BCUT2D eigenvalue weighted by Crippen LogP contribution is 2.21. The molecule has 0 aromatic carbocycles. The Morgan fingerprint density at radius 1 is 1.44 bits per heavy atom. The smallest absolute Gasteiger partial charge is 0.0645 e. The van der Waals surface area contributed by atoms with Crippen molar-refractivity contribution in [3.05, 3.63) is 0 Å². The Balaban J connectivity index is 1.73. The zero-order valence-corrected chi connectivity index (χ0v) is 11.0. The van der Waals surface area contributed by atoms with Gasteiger partial charge in [0.15, 0.2) is 0 Å². The second-order valence-electron chi connectivity index (χ2n) is 6.10. The molecule has 1 saturated carbocycles. The van der Waals surface area contributed by atoms with Crippen LogP contribution < -0.4 is 5.32 Å². The van der Waals surface area contributed by atoms with Crippen molar-refractivity contribution in [1.29, 1.82) is 0 Å². The summed E-state index contributed by atoms with van der Waals surface area (Å²) >= 11 is 0. The molecule has 16 heavy (non-hydrogen) atoms. The topological polar surface area (TPSA) is 24.5 Å². The van der Waals surface area contributed by atoms with Crippen molar-refractivity contribution in [3.63, 3.8) is 0 Å². The summed E-state index contributed by atoms with van der Waals surface area (Å²) in [6, 6.07) is 0.833. The molecule has 0 aromatic heterocycles. The third-order valence-corrected chi connectivity index (χ3v) is 3.68. The van der Waals surface area contributed by atoms with Gasteiger partial charge in [-0.05, 0) is 39.2 Å². The molecule has 0 spiro atoms. The molecule has 0 bridgehead atoms. The molecule has 94 valence electrons. The average Bonchev–Trinajstić information content (AvgIpc) is 3.02. The van der Waals surface area contributed by atoms with E-state index in [1.165, 1.54) is 19.4 Å². The van der Waals surface area contributed by atoms with Crippen molar-refractivity contribution in [3.8, 4) is 0 Å². The summed E-state index contributed by atoms with van der Waals surface area (Å²) < 4.78 is 5.55. The van der Waals surface area contributed by atoms with E-state index in [2.05, 4.69) is 31.0 Å². The predicted octanol–water partition coefficient (Wildman–Crippen LogP) is 1.49. The van der Waals surface area contributed by atoms with Gasteiger partial charge in [-0.1, -0.05) is 6.92 Å². The number of ether oxygens (including phenoxy) is 1. The van der Waals surface area contributed by atoms with Gasteiger partial charge in [0, 0.05) is 24.7 Å². The number of hydrogen-bond donors (Lipinski definition) is 1. The highest BCUT2D eigenvalue weighted by molar-refractivity contribution is 4.86. The van der Waals surface area contributed by atoms with Gasteiger partial charge >= 0.3 is 0 Å². The summed E-state index contributed by atoms with van der Waals surface area (Å²) in [5, 5.41) is 3.62. The molecule has 1 heterocycles. The summed E-state index contributed by atoms with van der Waals surface area (Å²) in [5.41, 5.74) is 0.214. The molecule has 1 unspecified atom stereocenters. The van der Waals surface area contributed by atoms with Crippen molar-refractivity contribution < 1.29 is 4.74 Å². The third kappa shape index (κ3) is 3.44. The summed E-state index contributed by atoms with van der Waals surface area (Å²) in [7, 11) is 0. The Kier molecular flexibility index (Phi) is 3.88. The SMILES string of the molecule is CC(CNC1CC1)CN1CCOCC1(C)C. The first-order valence-corrected chi connectivity index (χ1v) is 6.64. The van der Waals surface area contributed by atoms with Gasteiger partial charge in [-0.3, -0.25) is 4.90 Å². The summed E-state index contributed by atoms with van der Waals surface area (Å²) in [6.07, 6.45) is 2.77. The number of morpholine rings is 1. The van der Waals surface area contributed by atoms with Crippen LogP contribution in [0.4, 0.5) is 0 Å². The maximum Gasteiger partial charge on any atom is 0.0645 e. The van der Waals surface area contributed by atoms with Crippen LogP contribution >= 0.6 is 0 Å². The van der Waals surface area contributed by atoms with E-state index in [4.69, 9.17) is 4.74 Å². The molecule has 0 radical (unpaired) electrons. The lowest BCUT2D eigenvalue weighted by molar-refractivity contribution is -0.0561. The van der Waals surface area contributed by atoms with Gasteiger partial charge in [0.2, 0.25) is 0 Å². The van der Waals surface area contributed by atoms with E-state index in [9.17, 15) is 0 Å². The van der Waals surface area contributed by atoms with Crippen LogP contribution in [0.1, 0.15) is 33.6 Å². The molecule has 1 aliphatic heterocycles. The van der Waals surface area contributed by atoms with Crippen LogP contribution in [0.5, 0.6) is 0 Å². The minimum atomic E-state index is 0.214. The first kappa shape index (κ1) is 12.3. The molecule has 2 aliphatic rings. The predicted molar refractivity (Wildman–Crippen MR) is 66.7 cm³/mol. The van der Waals surface area contributed by atoms with E-state index < -0.39 is 0 Å². The fraction of sp³-hybridized carbons (Fsp3) is 1.00. The second kappa shape index (κ2) is 5.03. The monoisotopic (exact) mass is 226 g/mol.